The number of fused-ring (bicyclic) bond motifs is 1. The van der Waals surface area contributed by atoms with Gasteiger partial charge in [-0.15, -0.1) is 0 Å². The van der Waals surface area contributed by atoms with Crippen LogP contribution in [0.4, 0.5) is 0 Å². The van der Waals surface area contributed by atoms with Crippen molar-refractivity contribution >= 4 is 21.6 Å². The van der Waals surface area contributed by atoms with Crippen molar-refractivity contribution in [1.29, 1.82) is 0 Å². The molecule has 1 fully saturated rings. The number of nitrogens with zero attached hydrogens (tertiary/aromatic N) is 3. The molecule has 0 radical (unpaired) electrons. The van der Waals surface area contributed by atoms with Crippen LogP contribution in [0.1, 0.15) is 24.2 Å². The quantitative estimate of drug-likeness (QED) is 0.697. The lowest BCUT2D eigenvalue weighted by Gasteiger charge is -2.31. The first-order valence-electron chi connectivity index (χ1n) is 9.71. The number of imidazole rings is 1. The molecule has 0 aliphatic carbocycles. The first-order chi connectivity index (χ1) is 13.9. The summed E-state index contributed by atoms with van der Waals surface area (Å²) in [6, 6.07) is 14.2. The molecule has 3 aromatic rings. The van der Waals surface area contributed by atoms with Crippen LogP contribution in [0.25, 0.3) is 5.65 Å². The maximum absolute atomic E-state index is 12.8. The van der Waals surface area contributed by atoms with Crippen LogP contribution in [-0.2, 0) is 21.4 Å². The Bertz CT molecular complexity index is 1130. The smallest absolute Gasteiger partial charge is 0.243 e. The van der Waals surface area contributed by atoms with Crippen molar-refractivity contribution in [1.82, 2.24) is 19.0 Å². The fourth-order valence-corrected chi connectivity index (χ4v) is 5.27. The van der Waals surface area contributed by atoms with Crippen molar-refractivity contribution in [3.05, 3.63) is 66.1 Å². The number of sulfonamides is 1. The number of carbonyl (C=O) groups is 1. The van der Waals surface area contributed by atoms with Crippen LogP contribution in [-0.4, -0.2) is 41.1 Å². The molecule has 0 spiro atoms. The largest absolute Gasteiger partial charge is 0.350 e. The van der Waals surface area contributed by atoms with Gasteiger partial charge >= 0.3 is 0 Å². The predicted octanol–water partition coefficient (Wildman–Crippen LogP) is 2.36. The Morgan fingerprint density at radius 1 is 1.17 bits per heavy atom. The molecule has 29 heavy (non-hydrogen) atoms. The van der Waals surface area contributed by atoms with E-state index in [1.807, 2.05) is 35.7 Å². The van der Waals surface area contributed by atoms with E-state index >= 15 is 0 Å². The molecule has 4 rings (SSSR count). The van der Waals surface area contributed by atoms with Crippen LogP contribution in [0.3, 0.4) is 0 Å². The number of aromatic nitrogens is 2. The number of aryl methyl sites for hydroxylation is 1. The summed E-state index contributed by atoms with van der Waals surface area (Å²) in [6.07, 6.45) is 3.26. The Balaban J connectivity index is 1.41. The lowest BCUT2D eigenvalue weighted by Crippen LogP contribution is -2.45. The summed E-state index contributed by atoms with van der Waals surface area (Å²) in [7, 11) is -3.58. The highest BCUT2D eigenvalue weighted by Crippen LogP contribution is 2.24. The molecule has 1 aromatic carbocycles. The van der Waals surface area contributed by atoms with Crippen molar-refractivity contribution in [2.24, 2.45) is 5.92 Å². The average Bonchev–Trinajstić information content (AvgIpc) is 3.17. The Labute approximate surface area is 170 Å². The molecule has 1 unspecified atom stereocenters. The van der Waals surface area contributed by atoms with Gasteiger partial charge in [0.25, 0.3) is 0 Å². The number of carbonyl (C=O) groups excluding carboxylic acids is 1. The van der Waals surface area contributed by atoms with Gasteiger partial charge in [0.15, 0.2) is 0 Å². The van der Waals surface area contributed by atoms with Gasteiger partial charge in [0.2, 0.25) is 15.9 Å². The fourth-order valence-electron chi connectivity index (χ4n) is 3.72. The molecule has 152 valence electrons. The molecule has 3 heterocycles. The summed E-state index contributed by atoms with van der Waals surface area (Å²) < 4.78 is 29.1. The third-order valence-corrected chi connectivity index (χ3v) is 7.20. The highest BCUT2D eigenvalue weighted by molar-refractivity contribution is 7.89. The Morgan fingerprint density at radius 3 is 2.72 bits per heavy atom. The average molecular weight is 413 g/mol. The zero-order valence-corrected chi connectivity index (χ0v) is 17.1. The second-order valence-corrected chi connectivity index (χ2v) is 9.30. The molecule has 8 heteroatoms. The summed E-state index contributed by atoms with van der Waals surface area (Å²) in [6.45, 7) is 2.96. The number of hydrogen-bond donors (Lipinski definition) is 1. The van der Waals surface area contributed by atoms with Crippen molar-refractivity contribution in [3.63, 3.8) is 0 Å². The van der Waals surface area contributed by atoms with Gasteiger partial charge in [-0.2, -0.15) is 4.31 Å². The molecular formula is C21H24N4O3S. The first-order valence-corrected chi connectivity index (χ1v) is 11.2. The van der Waals surface area contributed by atoms with Crippen LogP contribution in [0.15, 0.2) is 59.6 Å². The molecule has 1 aliphatic heterocycles. The van der Waals surface area contributed by atoms with Gasteiger partial charge < -0.3 is 9.72 Å². The van der Waals surface area contributed by atoms with Gasteiger partial charge in [-0.1, -0.05) is 24.3 Å². The molecule has 1 amide bonds. The molecule has 1 saturated heterocycles. The molecule has 1 N–H and O–H groups in total. The summed E-state index contributed by atoms with van der Waals surface area (Å²) in [4.78, 5) is 17.5. The number of benzene rings is 1. The summed E-state index contributed by atoms with van der Waals surface area (Å²) in [5.74, 6) is -0.493. The number of rotatable bonds is 5. The molecule has 0 saturated carbocycles. The predicted molar refractivity (Wildman–Crippen MR) is 110 cm³/mol. The summed E-state index contributed by atoms with van der Waals surface area (Å²) in [5, 5.41) is 2.92. The normalized spacial score (nSPS) is 18.0. The number of hydrogen-bond acceptors (Lipinski definition) is 4. The first kappa shape index (κ1) is 19.6. The van der Waals surface area contributed by atoms with Gasteiger partial charge in [-0.25, -0.2) is 13.4 Å². The van der Waals surface area contributed by atoms with Crippen molar-refractivity contribution in [2.75, 3.05) is 13.1 Å². The minimum atomic E-state index is -3.58. The highest BCUT2D eigenvalue weighted by Gasteiger charge is 2.33. The van der Waals surface area contributed by atoms with Crippen LogP contribution in [0, 0.1) is 12.8 Å². The van der Waals surface area contributed by atoms with Gasteiger partial charge in [0.1, 0.15) is 5.65 Å². The molecule has 1 aliphatic rings. The van der Waals surface area contributed by atoms with Crippen LogP contribution in [0.2, 0.25) is 0 Å². The fraction of sp³-hybridized carbons (Fsp3) is 0.333. The molecule has 7 nitrogen and oxygen atoms in total. The standard InChI is InChI=1S/C21H24N4O3S/c1-16-7-5-11-20-23-18(15-25(16)20)13-22-21(26)17-8-6-12-24(14-17)29(27,28)19-9-3-2-4-10-19/h2-5,7,9-11,15,17H,6,8,12-14H2,1H3,(H,22,26). The topological polar surface area (TPSA) is 83.8 Å². The van der Waals surface area contributed by atoms with E-state index in [0.29, 0.717) is 25.9 Å². The highest BCUT2D eigenvalue weighted by atomic mass is 32.2. The molecular weight excluding hydrogens is 388 g/mol. The lowest BCUT2D eigenvalue weighted by molar-refractivity contribution is -0.126. The van der Waals surface area contributed by atoms with E-state index in [0.717, 1.165) is 17.0 Å². The van der Waals surface area contributed by atoms with Gasteiger partial charge in [0.05, 0.1) is 23.1 Å². The second kappa shape index (κ2) is 7.96. The maximum atomic E-state index is 12.8. The monoisotopic (exact) mass is 412 g/mol. The minimum Gasteiger partial charge on any atom is -0.350 e. The van der Waals surface area contributed by atoms with Gasteiger partial charge in [0, 0.05) is 25.0 Å². The van der Waals surface area contributed by atoms with E-state index in [1.54, 1.807) is 30.3 Å². The number of piperidine rings is 1. The number of nitrogens with one attached hydrogen (secondary N) is 1. The van der Waals surface area contributed by atoms with E-state index in [1.165, 1.54) is 4.31 Å². The third kappa shape index (κ3) is 4.04. The summed E-state index contributed by atoms with van der Waals surface area (Å²) >= 11 is 0. The number of pyridine rings is 1. The summed E-state index contributed by atoms with van der Waals surface area (Å²) in [5.41, 5.74) is 2.69. The van der Waals surface area contributed by atoms with E-state index in [9.17, 15) is 13.2 Å². The van der Waals surface area contributed by atoms with Crippen LogP contribution >= 0.6 is 0 Å². The van der Waals surface area contributed by atoms with Gasteiger partial charge in [-0.3, -0.25) is 4.79 Å². The van der Waals surface area contributed by atoms with E-state index in [-0.39, 0.29) is 23.3 Å². The molecule has 1 atom stereocenters. The van der Waals surface area contributed by atoms with Crippen molar-refractivity contribution < 1.29 is 13.2 Å². The lowest BCUT2D eigenvalue weighted by atomic mass is 9.99. The van der Waals surface area contributed by atoms with E-state index < -0.39 is 10.0 Å². The van der Waals surface area contributed by atoms with Crippen LogP contribution < -0.4 is 5.32 Å². The van der Waals surface area contributed by atoms with E-state index in [2.05, 4.69) is 10.3 Å². The molecule has 2 aromatic heterocycles. The van der Waals surface area contributed by atoms with Crippen molar-refractivity contribution in [2.45, 2.75) is 31.2 Å². The molecule has 0 bridgehead atoms. The zero-order chi connectivity index (χ0) is 20.4. The maximum Gasteiger partial charge on any atom is 0.243 e. The van der Waals surface area contributed by atoms with Gasteiger partial charge in [-0.05, 0) is 44.0 Å². The number of amides is 1. The Morgan fingerprint density at radius 2 is 1.97 bits per heavy atom. The van der Waals surface area contributed by atoms with Crippen molar-refractivity contribution in [3.8, 4) is 0 Å². The SMILES string of the molecule is Cc1cccc2nc(CNC(=O)C3CCCN(S(=O)(=O)c4ccccc4)C3)cn12. The minimum absolute atomic E-state index is 0.133. The second-order valence-electron chi connectivity index (χ2n) is 7.36. The van der Waals surface area contributed by atoms with Crippen LogP contribution in [0.5, 0.6) is 0 Å². The third-order valence-electron chi connectivity index (χ3n) is 5.33. The van der Waals surface area contributed by atoms with E-state index in [4.69, 9.17) is 0 Å². The Hall–Kier alpha value is -2.71. The zero-order valence-electron chi connectivity index (χ0n) is 16.3. The Kier molecular flexibility index (Phi) is 5.38.